The minimum Gasteiger partial charge on any atom is -0.371 e. The van der Waals surface area contributed by atoms with Gasteiger partial charge in [-0.15, -0.1) is 10.2 Å². The number of hydrogen-bond acceptors (Lipinski definition) is 5. The molecule has 1 saturated heterocycles. The Bertz CT molecular complexity index is 775. The van der Waals surface area contributed by atoms with Gasteiger partial charge in [-0.05, 0) is 44.0 Å². The molecule has 2 aromatic rings. The van der Waals surface area contributed by atoms with Crippen LogP contribution in [0.1, 0.15) is 38.4 Å². The smallest absolute Gasteiger partial charge is 0.178 e. The normalized spacial score (nSPS) is 16.5. The van der Waals surface area contributed by atoms with Crippen molar-refractivity contribution in [1.82, 2.24) is 14.8 Å². The molecule has 0 aliphatic carbocycles. The van der Waals surface area contributed by atoms with E-state index in [0.29, 0.717) is 10.8 Å². The summed E-state index contributed by atoms with van der Waals surface area (Å²) in [5.74, 6) is 1.67. The number of aromatic nitrogens is 3. The first-order valence-electron chi connectivity index (χ1n) is 8.50. The van der Waals surface area contributed by atoms with Crippen LogP contribution in [0.25, 0.3) is 0 Å². The van der Waals surface area contributed by atoms with Gasteiger partial charge in [-0.2, -0.15) is 0 Å². The molecule has 0 saturated carbocycles. The summed E-state index contributed by atoms with van der Waals surface area (Å²) in [5, 5.41) is 8.31. The summed E-state index contributed by atoms with van der Waals surface area (Å²) in [4.78, 5) is 2.71. The lowest BCUT2D eigenvalue weighted by molar-refractivity contribution is 0.467. The zero-order chi connectivity index (χ0) is 17.2. The minimum atomic E-state index is -3.13. The number of benzene rings is 1. The zero-order valence-corrected chi connectivity index (χ0v) is 15.0. The molecule has 6 nitrogen and oxygen atoms in total. The molecule has 3 rings (SSSR count). The molecule has 24 heavy (non-hydrogen) atoms. The van der Waals surface area contributed by atoms with Crippen LogP contribution in [0.4, 0.5) is 5.69 Å². The van der Waals surface area contributed by atoms with Crippen LogP contribution < -0.4 is 4.90 Å². The molecule has 0 atom stereocenters. The Morgan fingerprint density at radius 2 is 1.79 bits per heavy atom. The summed E-state index contributed by atoms with van der Waals surface area (Å²) in [6.45, 7) is 6.56. The van der Waals surface area contributed by atoms with Crippen molar-refractivity contribution in [2.75, 3.05) is 23.7 Å². The molecule has 1 aliphatic rings. The quantitative estimate of drug-likeness (QED) is 0.830. The minimum absolute atomic E-state index is 0.135. The Balaban J connectivity index is 1.67. The molecule has 0 bridgehead atoms. The zero-order valence-electron chi connectivity index (χ0n) is 14.2. The lowest BCUT2D eigenvalue weighted by atomic mass is 9.95. The molecular formula is C17H24N4O2S. The fourth-order valence-corrected chi connectivity index (χ4v) is 4.13. The fraction of sp³-hybridized carbons (Fsp3) is 0.529. The van der Waals surface area contributed by atoms with Gasteiger partial charge >= 0.3 is 0 Å². The van der Waals surface area contributed by atoms with Crippen molar-refractivity contribution in [2.45, 2.75) is 44.0 Å². The van der Waals surface area contributed by atoms with E-state index in [-0.39, 0.29) is 5.75 Å². The molecule has 1 fully saturated rings. The molecule has 0 spiro atoms. The van der Waals surface area contributed by atoms with Gasteiger partial charge in [0, 0.05) is 31.2 Å². The Kier molecular flexibility index (Phi) is 4.89. The fourth-order valence-electron chi connectivity index (χ4n) is 3.25. The monoisotopic (exact) mass is 348 g/mol. The molecule has 1 aliphatic heterocycles. The Labute approximate surface area is 143 Å². The lowest BCUT2D eigenvalue weighted by Gasteiger charge is -2.33. The largest absolute Gasteiger partial charge is 0.371 e. The summed E-state index contributed by atoms with van der Waals surface area (Å²) in [6.07, 6.45) is 3.87. The van der Waals surface area contributed by atoms with Crippen LogP contribution in [0.5, 0.6) is 0 Å². The van der Waals surface area contributed by atoms with Crippen LogP contribution >= 0.6 is 0 Å². The van der Waals surface area contributed by atoms with E-state index in [0.717, 1.165) is 44.0 Å². The first-order chi connectivity index (χ1) is 11.5. The van der Waals surface area contributed by atoms with Crippen molar-refractivity contribution >= 4 is 15.5 Å². The van der Waals surface area contributed by atoms with Crippen molar-refractivity contribution < 1.29 is 8.42 Å². The molecule has 0 amide bonds. The lowest BCUT2D eigenvalue weighted by Crippen LogP contribution is -2.33. The van der Waals surface area contributed by atoms with Crippen LogP contribution in [0.2, 0.25) is 0 Å². The second-order valence-corrected chi connectivity index (χ2v) is 8.41. The van der Waals surface area contributed by atoms with Crippen LogP contribution in [-0.2, 0) is 16.4 Å². The van der Waals surface area contributed by atoms with E-state index in [9.17, 15) is 8.42 Å². The summed E-state index contributed by atoms with van der Waals surface area (Å²) >= 11 is 0. The number of hydrogen-bond donors (Lipinski definition) is 0. The first kappa shape index (κ1) is 17.0. The van der Waals surface area contributed by atoms with E-state index < -0.39 is 9.84 Å². The van der Waals surface area contributed by atoms with Gasteiger partial charge < -0.3 is 9.47 Å². The number of anilines is 1. The number of rotatable bonds is 5. The predicted molar refractivity (Wildman–Crippen MR) is 94.1 cm³/mol. The van der Waals surface area contributed by atoms with Gasteiger partial charge in [-0.25, -0.2) is 8.42 Å². The van der Waals surface area contributed by atoms with Gasteiger partial charge in [-0.3, -0.25) is 0 Å². The van der Waals surface area contributed by atoms with E-state index in [1.54, 1.807) is 25.4 Å². The molecule has 0 N–H and O–H groups in total. The second kappa shape index (κ2) is 6.93. The molecule has 1 aromatic carbocycles. The third-order valence-electron chi connectivity index (χ3n) is 4.79. The maximum atomic E-state index is 11.9. The van der Waals surface area contributed by atoms with Gasteiger partial charge in [0.15, 0.2) is 9.84 Å². The SMILES string of the molecule is CCn1cnnc1C1CCN(c2ccc(S(=O)(=O)CC)cc2)CC1. The van der Waals surface area contributed by atoms with Crippen LogP contribution in [0.15, 0.2) is 35.5 Å². The van der Waals surface area contributed by atoms with E-state index in [1.165, 1.54) is 0 Å². The van der Waals surface area contributed by atoms with Gasteiger partial charge in [-0.1, -0.05) is 6.92 Å². The van der Waals surface area contributed by atoms with Gasteiger partial charge in [0.25, 0.3) is 0 Å². The van der Waals surface area contributed by atoms with Crippen molar-refractivity contribution in [1.29, 1.82) is 0 Å². The second-order valence-electron chi connectivity index (χ2n) is 6.13. The molecule has 7 heteroatoms. The first-order valence-corrected chi connectivity index (χ1v) is 10.2. The van der Waals surface area contributed by atoms with Crippen LogP contribution in [-0.4, -0.2) is 42.0 Å². The number of sulfone groups is 1. The highest BCUT2D eigenvalue weighted by atomic mass is 32.2. The Morgan fingerprint density at radius 1 is 1.12 bits per heavy atom. The third kappa shape index (κ3) is 3.31. The highest BCUT2D eigenvalue weighted by molar-refractivity contribution is 7.91. The maximum Gasteiger partial charge on any atom is 0.178 e. The van der Waals surface area contributed by atoms with E-state index >= 15 is 0 Å². The highest BCUT2D eigenvalue weighted by Gasteiger charge is 2.24. The van der Waals surface area contributed by atoms with E-state index in [1.807, 2.05) is 12.1 Å². The molecule has 0 unspecified atom stereocenters. The summed E-state index contributed by atoms with van der Waals surface area (Å²) in [5.41, 5.74) is 1.08. The molecular weight excluding hydrogens is 324 g/mol. The van der Waals surface area contributed by atoms with E-state index in [2.05, 4.69) is 26.6 Å². The number of piperidine rings is 1. The number of nitrogens with zero attached hydrogens (tertiary/aromatic N) is 4. The molecule has 130 valence electrons. The van der Waals surface area contributed by atoms with Gasteiger partial charge in [0.2, 0.25) is 0 Å². The van der Waals surface area contributed by atoms with Crippen LogP contribution in [0.3, 0.4) is 0 Å². The van der Waals surface area contributed by atoms with Gasteiger partial charge in [0.05, 0.1) is 10.6 Å². The summed E-state index contributed by atoms with van der Waals surface area (Å²) < 4.78 is 25.9. The topological polar surface area (TPSA) is 68.1 Å². The summed E-state index contributed by atoms with van der Waals surface area (Å²) in [6, 6.07) is 7.26. The average Bonchev–Trinajstić information content (AvgIpc) is 3.11. The van der Waals surface area contributed by atoms with Crippen molar-refractivity contribution in [3.63, 3.8) is 0 Å². The van der Waals surface area contributed by atoms with Gasteiger partial charge in [0.1, 0.15) is 12.2 Å². The Hall–Kier alpha value is -1.89. The molecule has 2 heterocycles. The maximum absolute atomic E-state index is 11.9. The Morgan fingerprint density at radius 3 is 2.38 bits per heavy atom. The van der Waals surface area contributed by atoms with Crippen molar-refractivity contribution in [2.24, 2.45) is 0 Å². The number of aryl methyl sites for hydroxylation is 1. The summed E-state index contributed by atoms with van der Waals surface area (Å²) in [7, 11) is -3.13. The molecule has 1 aromatic heterocycles. The van der Waals surface area contributed by atoms with Crippen molar-refractivity contribution in [3.8, 4) is 0 Å². The standard InChI is InChI=1S/C17H24N4O2S/c1-3-20-13-18-19-17(20)14-9-11-21(12-10-14)15-5-7-16(8-6-15)24(22,23)4-2/h5-8,13-14H,3-4,9-12H2,1-2H3. The average molecular weight is 348 g/mol. The van der Waals surface area contributed by atoms with Crippen molar-refractivity contribution in [3.05, 3.63) is 36.4 Å². The highest BCUT2D eigenvalue weighted by Crippen LogP contribution is 2.29. The molecule has 0 radical (unpaired) electrons. The predicted octanol–water partition coefficient (Wildman–Crippen LogP) is 2.48. The van der Waals surface area contributed by atoms with E-state index in [4.69, 9.17) is 0 Å². The van der Waals surface area contributed by atoms with Crippen LogP contribution in [0, 0.1) is 0 Å². The third-order valence-corrected chi connectivity index (χ3v) is 6.54.